The maximum atomic E-state index is 12.5. The van der Waals surface area contributed by atoms with Crippen molar-refractivity contribution in [1.29, 1.82) is 0 Å². The number of carbonyl (C=O) groups excluding carboxylic acids is 1. The van der Waals surface area contributed by atoms with Crippen LogP contribution in [-0.4, -0.2) is 43.3 Å². The average Bonchev–Trinajstić information content (AvgIpc) is 2.93. The number of aromatic nitrogens is 1. The third kappa shape index (κ3) is 3.62. The number of rotatable bonds is 4. The van der Waals surface area contributed by atoms with E-state index in [9.17, 15) is 4.79 Å². The number of aryl methyl sites for hydroxylation is 2. The van der Waals surface area contributed by atoms with Gasteiger partial charge in [-0.2, -0.15) is 0 Å². The van der Waals surface area contributed by atoms with Gasteiger partial charge in [0.15, 0.2) is 0 Å². The summed E-state index contributed by atoms with van der Waals surface area (Å²) >= 11 is 0. The molecule has 0 saturated carbocycles. The summed E-state index contributed by atoms with van der Waals surface area (Å²) < 4.78 is 5.17. The Kier molecular flexibility index (Phi) is 4.97. The molecule has 0 radical (unpaired) electrons. The fourth-order valence-corrected chi connectivity index (χ4v) is 3.40. The summed E-state index contributed by atoms with van der Waals surface area (Å²) in [5.41, 5.74) is 4.38. The molecule has 1 N–H and O–H groups in total. The van der Waals surface area contributed by atoms with Crippen molar-refractivity contribution in [2.75, 3.05) is 32.1 Å². The van der Waals surface area contributed by atoms with Crippen LogP contribution >= 0.6 is 0 Å². The quantitative estimate of drug-likeness (QED) is 0.928. The Morgan fingerprint density at radius 1 is 1.40 bits per heavy atom. The highest BCUT2D eigenvalue weighted by Crippen LogP contribution is 2.33. The van der Waals surface area contributed by atoms with Gasteiger partial charge in [0.25, 0.3) is 0 Å². The van der Waals surface area contributed by atoms with Gasteiger partial charge in [-0.1, -0.05) is 23.4 Å². The summed E-state index contributed by atoms with van der Waals surface area (Å²) in [6, 6.07) is 8.36. The van der Waals surface area contributed by atoms with Gasteiger partial charge in [0.1, 0.15) is 5.76 Å². The molecule has 2 aromatic rings. The number of hydrogen-bond donors (Lipinski definition) is 1. The molecular formula is C19H26N4O2. The molecule has 0 fully saturated rings. The zero-order valence-corrected chi connectivity index (χ0v) is 15.4. The molecule has 2 heterocycles. The van der Waals surface area contributed by atoms with Crippen LogP contribution in [0.4, 0.5) is 10.5 Å². The Morgan fingerprint density at radius 3 is 2.88 bits per heavy atom. The predicted octanol–water partition coefficient (Wildman–Crippen LogP) is 3.06. The first kappa shape index (κ1) is 17.3. The maximum absolute atomic E-state index is 12.5. The Morgan fingerprint density at radius 2 is 2.16 bits per heavy atom. The number of urea groups is 1. The van der Waals surface area contributed by atoms with Gasteiger partial charge < -0.3 is 19.6 Å². The molecule has 2 amide bonds. The van der Waals surface area contributed by atoms with E-state index in [2.05, 4.69) is 46.7 Å². The molecule has 6 heteroatoms. The molecule has 0 bridgehead atoms. The minimum absolute atomic E-state index is 0.0728. The van der Waals surface area contributed by atoms with Crippen LogP contribution in [-0.2, 0) is 6.54 Å². The Hall–Kier alpha value is -2.50. The lowest BCUT2D eigenvalue weighted by Crippen LogP contribution is -2.40. The van der Waals surface area contributed by atoms with E-state index in [0.29, 0.717) is 19.0 Å². The summed E-state index contributed by atoms with van der Waals surface area (Å²) in [7, 11) is 3.91. The van der Waals surface area contributed by atoms with E-state index in [4.69, 9.17) is 4.52 Å². The molecule has 0 spiro atoms. The first-order valence-electron chi connectivity index (χ1n) is 8.68. The van der Waals surface area contributed by atoms with Crippen LogP contribution in [0.2, 0.25) is 0 Å². The van der Waals surface area contributed by atoms with E-state index in [1.807, 2.05) is 13.8 Å². The molecule has 25 heavy (non-hydrogen) atoms. The molecular weight excluding hydrogens is 316 g/mol. The topological polar surface area (TPSA) is 61.6 Å². The highest BCUT2D eigenvalue weighted by molar-refractivity contribution is 5.74. The second-order valence-electron chi connectivity index (χ2n) is 6.81. The monoisotopic (exact) mass is 342 g/mol. The fraction of sp³-hybridized carbons (Fsp3) is 0.474. The lowest BCUT2D eigenvalue weighted by molar-refractivity contribution is 0.205. The lowest BCUT2D eigenvalue weighted by Gasteiger charge is -2.33. The molecule has 134 valence electrons. The highest BCUT2D eigenvalue weighted by Gasteiger charge is 2.24. The molecule has 1 aliphatic heterocycles. The normalized spacial score (nSPS) is 16.5. The number of para-hydroxylation sites is 1. The van der Waals surface area contributed by atoms with Crippen molar-refractivity contribution in [1.82, 2.24) is 15.4 Å². The Labute approximate surface area is 148 Å². The molecule has 0 unspecified atom stereocenters. The molecule has 3 rings (SSSR count). The van der Waals surface area contributed by atoms with Crippen molar-refractivity contribution in [3.05, 3.63) is 46.8 Å². The van der Waals surface area contributed by atoms with Crippen molar-refractivity contribution in [3.63, 3.8) is 0 Å². The lowest BCUT2D eigenvalue weighted by atomic mass is 9.90. The van der Waals surface area contributed by atoms with Crippen LogP contribution in [0, 0.1) is 13.8 Å². The second-order valence-corrected chi connectivity index (χ2v) is 6.81. The van der Waals surface area contributed by atoms with E-state index >= 15 is 0 Å². The maximum Gasteiger partial charge on any atom is 0.317 e. The molecule has 6 nitrogen and oxygen atoms in total. The standard InChI is InChI=1S/C19H26N4O2/c1-13-17(14(2)25-21-13)12-23(4)19(24)20-11-15-9-10-22(3)18-8-6-5-7-16(15)18/h5-8,15H,9-12H2,1-4H3,(H,20,24)/t15-/m1/s1. The van der Waals surface area contributed by atoms with Crippen LogP contribution in [0.15, 0.2) is 28.8 Å². The van der Waals surface area contributed by atoms with E-state index in [-0.39, 0.29) is 6.03 Å². The third-order valence-electron chi connectivity index (χ3n) is 5.02. The number of anilines is 1. The van der Waals surface area contributed by atoms with E-state index in [1.165, 1.54) is 11.3 Å². The zero-order valence-electron chi connectivity index (χ0n) is 15.4. The largest absolute Gasteiger partial charge is 0.374 e. The van der Waals surface area contributed by atoms with Crippen LogP contribution in [0.5, 0.6) is 0 Å². The number of nitrogens with zero attached hydrogens (tertiary/aromatic N) is 3. The molecule has 0 aliphatic carbocycles. The van der Waals surface area contributed by atoms with Gasteiger partial charge in [0, 0.05) is 44.4 Å². The number of fused-ring (bicyclic) bond motifs is 1. The van der Waals surface area contributed by atoms with Gasteiger partial charge in [0.2, 0.25) is 0 Å². The van der Waals surface area contributed by atoms with Crippen molar-refractivity contribution in [3.8, 4) is 0 Å². The third-order valence-corrected chi connectivity index (χ3v) is 5.02. The van der Waals surface area contributed by atoms with Crippen LogP contribution in [0.3, 0.4) is 0 Å². The predicted molar refractivity (Wildman–Crippen MR) is 97.9 cm³/mol. The van der Waals surface area contributed by atoms with E-state index < -0.39 is 0 Å². The molecule has 1 aromatic heterocycles. The van der Waals surface area contributed by atoms with Crippen LogP contribution in [0.1, 0.15) is 34.9 Å². The SMILES string of the molecule is Cc1noc(C)c1CN(C)C(=O)NC[C@H]1CCN(C)c2ccccc21. The average molecular weight is 342 g/mol. The van der Waals surface area contributed by atoms with Crippen molar-refractivity contribution in [2.45, 2.75) is 32.7 Å². The second kappa shape index (κ2) is 7.17. The smallest absolute Gasteiger partial charge is 0.317 e. The van der Waals surface area contributed by atoms with Crippen LogP contribution < -0.4 is 10.2 Å². The minimum Gasteiger partial charge on any atom is -0.374 e. The first-order valence-corrected chi connectivity index (χ1v) is 8.68. The highest BCUT2D eigenvalue weighted by atomic mass is 16.5. The summed E-state index contributed by atoms with van der Waals surface area (Å²) in [5.74, 6) is 1.12. The fourth-order valence-electron chi connectivity index (χ4n) is 3.40. The number of carbonyl (C=O) groups is 1. The molecule has 1 aromatic carbocycles. The first-order chi connectivity index (χ1) is 12.0. The van der Waals surface area contributed by atoms with Gasteiger partial charge in [-0.15, -0.1) is 0 Å². The summed E-state index contributed by atoms with van der Waals surface area (Å²) in [5, 5.41) is 7.02. The van der Waals surface area contributed by atoms with Gasteiger partial charge in [-0.05, 0) is 31.9 Å². The van der Waals surface area contributed by atoms with E-state index in [0.717, 1.165) is 30.0 Å². The Bertz CT molecular complexity index is 736. The van der Waals surface area contributed by atoms with Crippen LogP contribution in [0.25, 0.3) is 0 Å². The van der Waals surface area contributed by atoms with Crippen molar-refractivity contribution >= 4 is 11.7 Å². The van der Waals surface area contributed by atoms with Crippen molar-refractivity contribution in [2.24, 2.45) is 0 Å². The molecule has 1 aliphatic rings. The number of amides is 2. The van der Waals surface area contributed by atoms with Gasteiger partial charge in [0.05, 0.1) is 12.2 Å². The summed E-state index contributed by atoms with van der Waals surface area (Å²) in [4.78, 5) is 16.4. The Balaban J connectivity index is 1.60. The molecule has 0 saturated heterocycles. The number of nitrogens with one attached hydrogen (secondary N) is 1. The molecule has 1 atom stereocenters. The van der Waals surface area contributed by atoms with Gasteiger partial charge in [-0.25, -0.2) is 4.79 Å². The van der Waals surface area contributed by atoms with Gasteiger partial charge in [-0.3, -0.25) is 0 Å². The minimum atomic E-state index is -0.0728. The van der Waals surface area contributed by atoms with Gasteiger partial charge >= 0.3 is 6.03 Å². The number of benzene rings is 1. The van der Waals surface area contributed by atoms with Crippen molar-refractivity contribution < 1.29 is 9.32 Å². The van der Waals surface area contributed by atoms with E-state index in [1.54, 1.807) is 11.9 Å². The summed E-state index contributed by atoms with van der Waals surface area (Å²) in [6.07, 6.45) is 1.04. The number of hydrogen-bond acceptors (Lipinski definition) is 4. The summed E-state index contributed by atoms with van der Waals surface area (Å²) in [6.45, 7) is 5.92. The zero-order chi connectivity index (χ0) is 18.0.